The van der Waals surface area contributed by atoms with E-state index >= 15 is 0 Å². The van der Waals surface area contributed by atoms with Crippen LogP contribution in [0.2, 0.25) is 5.15 Å². The molecule has 1 aromatic carbocycles. The number of phenols is 1. The summed E-state index contributed by atoms with van der Waals surface area (Å²) < 4.78 is 0.733. The number of halogens is 2. The van der Waals surface area contributed by atoms with Crippen LogP contribution in [0.1, 0.15) is 5.56 Å². The van der Waals surface area contributed by atoms with E-state index in [9.17, 15) is 4.79 Å². The number of rotatable bonds is 3. The molecule has 1 heterocycles. The number of benzene rings is 1. The third kappa shape index (κ3) is 3.94. The fourth-order valence-corrected chi connectivity index (χ4v) is 1.99. The van der Waals surface area contributed by atoms with Gasteiger partial charge in [0.05, 0.1) is 12.1 Å². The van der Waals surface area contributed by atoms with E-state index < -0.39 is 0 Å². The summed E-state index contributed by atoms with van der Waals surface area (Å²) in [6.07, 6.45) is 1.75. The van der Waals surface area contributed by atoms with Crippen molar-refractivity contribution in [3.63, 3.8) is 0 Å². The smallest absolute Gasteiger partial charge is 0.228 e. The number of carbonyl (C=O) groups excluding carboxylic acids is 1. The lowest BCUT2D eigenvalue weighted by Gasteiger charge is -2.07. The number of aromatic nitrogens is 1. The first-order chi connectivity index (χ1) is 9.04. The van der Waals surface area contributed by atoms with E-state index in [1.54, 1.807) is 24.4 Å². The molecule has 0 unspecified atom stereocenters. The van der Waals surface area contributed by atoms with Crippen molar-refractivity contribution in [2.45, 2.75) is 6.42 Å². The van der Waals surface area contributed by atoms with Crippen LogP contribution in [0.3, 0.4) is 0 Å². The van der Waals surface area contributed by atoms with E-state index in [1.807, 2.05) is 0 Å². The van der Waals surface area contributed by atoms with Crippen molar-refractivity contribution in [3.8, 4) is 5.75 Å². The molecule has 0 aliphatic rings. The first kappa shape index (κ1) is 13.8. The van der Waals surface area contributed by atoms with E-state index in [2.05, 4.69) is 26.2 Å². The largest absolute Gasteiger partial charge is 0.508 e. The van der Waals surface area contributed by atoms with Crippen LogP contribution < -0.4 is 5.32 Å². The average Bonchev–Trinajstić information content (AvgIpc) is 2.37. The summed E-state index contributed by atoms with van der Waals surface area (Å²) in [5.74, 6) is -0.0316. The molecular weight excluding hydrogens is 332 g/mol. The molecule has 0 bridgehead atoms. The third-order valence-electron chi connectivity index (χ3n) is 2.38. The van der Waals surface area contributed by atoms with Crippen molar-refractivity contribution in [2.24, 2.45) is 0 Å². The molecule has 1 aromatic heterocycles. The minimum atomic E-state index is -0.201. The number of pyridine rings is 1. The SMILES string of the molecule is O=C(Cc1ccc(O)cc1)Nc1cc(Br)cnc1Cl. The number of amides is 1. The molecule has 98 valence electrons. The molecule has 0 saturated heterocycles. The van der Waals surface area contributed by atoms with Gasteiger partial charge >= 0.3 is 0 Å². The van der Waals surface area contributed by atoms with Crippen molar-refractivity contribution < 1.29 is 9.90 Å². The second-order valence-electron chi connectivity index (χ2n) is 3.88. The van der Waals surface area contributed by atoms with Gasteiger partial charge in [-0.2, -0.15) is 0 Å². The molecule has 0 fully saturated rings. The van der Waals surface area contributed by atoms with Crippen LogP contribution in [0, 0.1) is 0 Å². The number of nitrogens with zero attached hydrogens (tertiary/aromatic N) is 1. The predicted octanol–water partition coefficient (Wildman–Crippen LogP) is 3.38. The lowest BCUT2D eigenvalue weighted by atomic mass is 10.1. The van der Waals surface area contributed by atoms with Gasteiger partial charge in [0.25, 0.3) is 0 Å². The molecule has 19 heavy (non-hydrogen) atoms. The Labute approximate surface area is 123 Å². The van der Waals surface area contributed by atoms with Gasteiger partial charge in [-0.3, -0.25) is 4.79 Å². The molecule has 6 heteroatoms. The number of hydrogen-bond acceptors (Lipinski definition) is 3. The molecule has 0 radical (unpaired) electrons. The molecule has 0 spiro atoms. The van der Waals surface area contributed by atoms with Gasteiger partial charge in [-0.15, -0.1) is 0 Å². The maximum Gasteiger partial charge on any atom is 0.228 e. The van der Waals surface area contributed by atoms with E-state index in [1.165, 1.54) is 12.1 Å². The van der Waals surface area contributed by atoms with Gasteiger partial charge in [0.15, 0.2) is 5.15 Å². The highest BCUT2D eigenvalue weighted by Gasteiger charge is 2.08. The quantitative estimate of drug-likeness (QED) is 0.841. The number of nitrogens with one attached hydrogen (secondary N) is 1. The zero-order chi connectivity index (χ0) is 13.8. The summed E-state index contributed by atoms with van der Waals surface area (Å²) in [5.41, 5.74) is 1.26. The first-order valence-corrected chi connectivity index (χ1v) is 6.60. The minimum Gasteiger partial charge on any atom is -0.508 e. The summed E-state index contributed by atoms with van der Waals surface area (Å²) in [4.78, 5) is 15.8. The number of phenolic OH excluding ortho intramolecular Hbond substituents is 1. The molecule has 0 saturated carbocycles. The summed E-state index contributed by atoms with van der Waals surface area (Å²) in [5, 5.41) is 12.1. The van der Waals surface area contributed by atoms with E-state index in [4.69, 9.17) is 16.7 Å². The van der Waals surface area contributed by atoms with Gasteiger partial charge in [0.2, 0.25) is 5.91 Å². The highest BCUT2D eigenvalue weighted by molar-refractivity contribution is 9.10. The monoisotopic (exact) mass is 340 g/mol. The maximum atomic E-state index is 11.9. The molecule has 2 aromatic rings. The van der Waals surface area contributed by atoms with Crippen LogP contribution in [-0.4, -0.2) is 16.0 Å². The Balaban J connectivity index is 2.05. The summed E-state index contributed by atoms with van der Waals surface area (Å²) in [6.45, 7) is 0. The molecular formula is C13H10BrClN2O2. The normalized spacial score (nSPS) is 10.2. The fraction of sp³-hybridized carbons (Fsp3) is 0.0769. The summed E-state index contributed by atoms with van der Waals surface area (Å²) >= 11 is 9.15. The van der Waals surface area contributed by atoms with Crippen molar-refractivity contribution in [3.05, 3.63) is 51.7 Å². The van der Waals surface area contributed by atoms with Crippen LogP contribution in [-0.2, 0) is 11.2 Å². The van der Waals surface area contributed by atoms with Crippen LogP contribution in [0.15, 0.2) is 41.0 Å². The topological polar surface area (TPSA) is 62.2 Å². The predicted molar refractivity (Wildman–Crippen MR) is 77.4 cm³/mol. The number of aromatic hydroxyl groups is 1. The van der Waals surface area contributed by atoms with E-state index in [0.717, 1.165) is 10.0 Å². The molecule has 4 nitrogen and oxygen atoms in total. The van der Waals surface area contributed by atoms with E-state index in [0.29, 0.717) is 5.69 Å². The molecule has 1 amide bonds. The molecule has 2 rings (SSSR count). The maximum absolute atomic E-state index is 11.9. The Hall–Kier alpha value is -1.59. The lowest BCUT2D eigenvalue weighted by Crippen LogP contribution is -2.14. The Morgan fingerprint density at radius 2 is 2.05 bits per heavy atom. The zero-order valence-electron chi connectivity index (χ0n) is 9.73. The summed E-state index contributed by atoms with van der Waals surface area (Å²) in [6, 6.07) is 8.14. The highest BCUT2D eigenvalue weighted by Crippen LogP contribution is 2.23. The van der Waals surface area contributed by atoms with Crippen LogP contribution in [0.4, 0.5) is 5.69 Å². The van der Waals surface area contributed by atoms with Crippen LogP contribution in [0.5, 0.6) is 5.75 Å². The Morgan fingerprint density at radius 3 is 2.74 bits per heavy atom. The highest BCUT2D eigenvalue weighted by atomic mass is 79.9. The molecule has 0 aliphatic heterocycles. The van der Waals surface area contributed by atoms with Gasteiger partial charge in [-0.1, -0.05) is 23.7 Å². The lowest BCUT2D eigenvalue weighted by molar-refractivity contribution is -0.115. The molecule has 2 N–H and O–H groups in total. The van der Waals surface area contributed by atoms with Gasteiger partial charge in [0, 0.05) is 10.7 Å². The Bertz CT molecular complexity index is 602. The van der Waals surface area contributed by atoms with Gasteiger partial charge in [0.1, 0.15) is 5.75 Å². The second kappa shape index (κ2) is 6.04. The van der Waals surface area contributed by atoms with Crippen molar-refractivity contribution in [1.29, 1.82) is 0 Å². The van der Waals surface area contributed by atoms with Crippen molar-refractivity contribution >= 4 is 39.1 Å². The number of hydrogen-bond donors (Lipinski definition) is 2. The van der Waals surface area contributed by atoms with Crippen LogP contribution in [0.25, 0.3) is 0 Å². The Kier molecular flexibility index (Phi) is 4.39. The molecule has 0 aliphatic carbocycles. The second-order valence-corrected chi connectivity index (χ2v) is 5.16. The fourth-order valence-electron chi connectivity index (χ4n) is 1.50. The minimum absolute atomic E-state index is 0.170. The number of carbonyl (C=O) groups is 1. The van der Waals surface area contributed by atoms with Gasteiger partial charge < -0.3 is 10.4 Å². The zero-order valence-corrected chi connectivity index (χ0v) is 12.1. The average molecular weight is 342 g/mol. The van der Waals surface area contributed by atoms with Gasteiger partial charge in [-0.05, 0) is 39.7 Å². The third-order valence-corrected chi connectivity index (χ3v) is 3.12. The Morgan fingerprint density at radius 1 is 1.37 bits per heavy atom. The first-order valence-electron chi connectivity index (χ1n) is 5.43. The summed E-state index contributed by atoms with van der Waals surface area (Å²) in [7, 11) is 0. The van der Waals surface area contributed by atoms with Crippen LogP contribution >= 0.6 is 27.5 Å². The molecule has 0 atom stereocenters. The van der Waals surface area contributed by atoms with Crippen molar-refractivity contribution in [2.75, 3.05) is 5.32 Å². The number of anilines is 1. The standard InChI is InChI=1S/C13H10BrClN2O2/c14-9-6-11(13(15)16-7-9)17-12(19)5-8-1-3-10(18)4-2-8/h1-4,6-7,18H,5H2,(H,17,19). The van der Waals surface area contributed by atoms with E-state index in [-0.39, 0.29) is 23.2 Å². The van der Waals surface area contributed by atoms with Crippen molar-refractivity contribution in [1.82, 2.24) is 4.98 Å². The van der Waals surface area contributed by atoms with Gasteiger partial charge in [-0.25, -0.2) is 4.98 Å².